The van der Waals surface area contributed by atoms with Gasteiger partial charge in [0.2, 0.25) is 5.91 Å². The molecule has 1 amide bonds. The summed E-state index contributed by atoms with van der Waals surface area (Å²) < 4.78 is 7.17. The Bertz CT molecular complexity index is 920. The zero-order chi connectivity index (χ0) is 22.2. The highest BCUT2D eigenvalue weighted by molar-refractivity contribution is 5.93. The van der Waals surface area contributed by atoms with E-state index >= 15 is 0 Å². The number of anilines is 2. The number of hydrogen-bond donors (Lipinski definition) is 1. The molecule has 0 radical (unpaired) electrons. The maximum atomic E-state index is 12.9. The molecule has 0 bridgehead atoms. The molecule has 3 rings (SSSR count). The molecule has 0 aromatic carbocycles. The van der Waals surface area contributed by atoms with E-state index < -0.39 is 0 Å². The fourth-order valence-electron chi connectivity index (χ4n) is 3.97. The second-order valence-electron chi connectivity index (χ2n) is 7.79. The van der Waals surface area contributed by atoms with Crippen LogP contribution < -0.4 is 10.2 Å². The number of hydrogen-bond acceptors (Lipinski definition) is 7. The Kier molecular flexibility index (Phi) is 7.98. The average molecular weight is 426 g/mol. The molecule has 1 fully saturated rings. The predicted octanol–water partition coefficient (Wildman–Crippen LogP) is 1.95. The predicted molar refractivity (Wildman–Crippen MR) is 119 cm³/mol. The molecule has 166 valence electrons. The van der Waals surface area contributed by atoms with Gasteiger partial charge in [0.1, 0.15) is 11.9 Å². The van der Waals surface area contributed by atoms with Gasteiger partial charge in [-0.15, -0.1) is 5.10 Å². The van der Waals surface area contributed by atoms with Crippen molar-refractivity contribution >= 4 is 17.5 Å². The molecular weight excluding hydrogens is 394 g/mol. The molecule has 1 N–H and O–H groups in total. The fraction of sp³-hybridized carbons (Fsp3) is 0.545. The van der Waals surface area contributed by atoms with Crippen molar-refractivity contribution in [2.24, 2.45) is 0 Å². The first-order chi connectivity index (χ1) is 15.0. The number of nitrogens with zero attached hydrogens (tertiary/aromatic N) is 6. The maximum Gasteiger partial charge on any atom is 0.239 e. The van der Waals surface area contributed by atoms with Gasteiger partial charge in [-0.3, -0.25) is 9.69 Å². The number of carbonyl (C=O) groups is 1. The number of methoxy groups -OCH3 is 1. The molecule has 2 aromatic heterocycles. The van der Waals surface area contributed by atoms with Gasteiger partial charge >= 0.3 is 0 Å². The van der Waals surface area contributed by atoms with Crippen molar-refractivity contribution in [3.63, 3.8) is 0 Å². The van der Waals surface area contributed by atoms with E-state index in [2.05, 4.69) is 31.4 Å². The van der Waals surface area contributed by atoms with Crippen molar-refractivity contribution in [1.82, 2.24) is 19.7 Å². The number of carbonyl (C=O) groups excluding carboxylic acids is 1. The van der Waals surface area contributed by atoms with Gasteiger partial charge in [-0.05, 0) is 44.4 Å². The Morgan fingerprint density at radius 3 is 2.84 bits per heavy atom. The number of nitrogens with one attached hydrogen (secondary N) is 1. The van der Waals surface area contributed by atoms with Crippen molar-refractivity contribution < 1.29 is 9.53 Å². The quantitative estimate of drug-likeness (QED) is 0.645. The van der Waals surface area contributed by atoms with E-state index in [9.17, 15) is 10.1 Å². The molecule has 0 atom stereocenters. The molecule has 0 unspecified atom stereocenters. The molecule has 1 aliphatic rings. The lowest BCUT2D eigenvalue weighted by Crippen LogP contribution is -2.37. The molecule has 0 spiro atoms. The second-order valence-corrected chi connectivity index (χ2v) is 7.79. The van der Waals surface area contributed by atoms with Crippen LogP contribution in [0.25, 0.3) is 0 Å². The first kappa shape index (κ1) is 22.7. The van der Waals surface area contributed by atoms with Crippen molar-refractivity contribution in [2.75, 3.05) is 56.7 Å². The summed E-state index contributed by atoms with van der Waals surface area (Å²) in [7, 11) is 1.67. The van der Waals surface area contributed by atoms with E-state index in [1.54, 1.807) is 13.3 Å². The minimum atomic E-state index is -0.102. The molecule has 0 aliphatic carbocycles. The normalized spacial score (nSPS) is 14.8. The average Bonchev–Trinajstić information content (AvgIpc) is 2.93. The van der Waals surface area contributed by atoms with Crippen LogP contribution in [0.1, 0.15) is 29.7 Å². The highest BCUT2D eigenvalue weighted by Crippen LogP contribution is 2.26. The molecule has 3 heterocycles. The molecule has 1 aliphatic heterocycles. The zero-order valence-electron chi connectivity index (χ0n) is 18.6. The van der Waals surface area contributed by atoms with Gasteiger partial charge < -0.3 is 19.5 Å². The summed E-state index contributed by atoms with van der Waals surface area (Å²) in [6.45, 7) is 8.79. The van der Waals surface area contributed by atoms with Crippen LogP contribution in [0.4, 0.5) is 11.6 Å². The summed E-state index contributed by atoms with van der Waals surface area (Å²) in [4.78, 5) is 17.2. The SMILES string of the molecule is COCCCn1c(C)c(C)c(C#N)c1NC(=O)CN1CCCN(c2cccnn2)CC1. The van der Waals surface area contributed by atoms with Gasteiger partial charge in [-0.2, -0.15) is 10.4 Å². The van der Waals surface area contributed by atoms with Crippen LogP contribution in [0.2, 0.25) is 0 Å². The lowest BCUT2D eigenvalue weighted by Gasteiger charge is -2.22. The summed E-state index contributed by atoms with van der Waals surface area (Å²) in [5, 5.41) is 20.8. The Morgan fingerprint density at radius 1 is 1.29 bits per heavy atom. The Hall–Kier alpha value is -2.96. The van der Waals surface area contributed by atoms with Crippen molar-refractivity contribution in [3.8, 4) is 6.07 Å². The molecule has 9 heteroatoms. The molecule has 2 aromatic rings. The lowest BCUT2D eigenvalue weighted by atomic mass is 10.2. The zero-order valence-corrected chi connectivity index (χ0v) is 18.6. The van der Waals surface area contributed by atoms with Crippen LogP contribution >= 0.6 is 0 Å². The molecule has 31 heavy (non-hydrogen) atoms. The molecule has 0 saturated carbocycles. The smallest absolute Gasteiger partial charge is 0.239 e. The molecule has 1 saturated heterocycles. The van der Waals surface area contributed by atoms with E-state index in [0.717, 1.165) is 56.1 Å². The van der Waals surface area contributed by atoms with Crippen LogP contribution in [0, 0.1) is 25.2 Å². The number of nitriles is 1. The standard InChI is InChI=1S/C22H31N7O2/c1-17-18(2)29(11-6-14-31-3)22(19(17)15-23)25-21(30)16-27-9-5-10-28(13-12-27)20-7-4-8-24-26-20/h4,7-8H,5-6,9-14,16H2,1-3H3,(H,25,30). The second kappa shape index (κ2) is 10.9. The van der Waals surface area contributed by atoms with E-state index in [4.69, 9.17) is 4.74 Å². The number of rotatable bonds is 8. The fourth-order valence-corrected chi connectivity index (χ4v) is 3.97. The summed E-state index contributed by atoms with van der Waals surface area (Å²) >= 11 is 0. The van der Waals surface area contributed by atoms with Crippen LogP contribution in [0.5, 0.6) is 0 Å². The lowest BCUT2D eigenvalue weighted by molar-refractivity contribution is -0.117. The van der Waals surface area contributed by atoms with Gasteiger partial charge in [0.25, 0.3) is 0 Å². The summed E-state index contributed by atoms with van der Waals surface area (Å²) in [6.07, 6.45) is 3.42. The van der Waals surface area contributed by atoms with Gasteiger partial charge in [-0.25, -0.2) is 0 Å². The minimum absolute atomic E-state index is 0.102. The van der Waals surface area contributed by atoms with Crippen LogP contribution in [-0.4, -0.2) is 72.0 Å². The van der Waals surface area contributed by atoms with E-state index in [1.165, 1.54) is 0 Å². The first-order valence-electron chi connectivity index (χ1n) is 10.7. The van der Waals surface area contributed by atoms with E-state index in [0.29, 0.717) is 31.1 Å². The number of amides is 1. The monoisotopic (exact) mass is 425 g/mol. The van der Waals surface area contributed by atoms with Crippen LogP contribution in [-0.2, 0) is 16.1 Å². The Morgan fingerprint density at radius 2 is 2.13 bits per heavy atom. The molecule has 9 nitrogen and oxygen atoms in total. The third kappa shape index (κ3) is 5.60. The van der Waals surface area contributed by atoms with Gasteiger partial charge in [0, 0.05) is 58.3 Å². The maximum absolute atomic E-state index is 12.9. The third-order valence-corrected chi connectivity index (χ3v) is 5.77. The summed E-state index contributed by atoms with van der Waals surface area (Å²) in [6, 6.07) is 6.10. The summed E-state index contributed by atoms with van der Waals surface area (Å²) in [5.41, 5.74) is 2.44. The van der Waals surface area contributed by atoms with Crippen molar-refractivity contribution in [2.45, 2.75) is 33.2 Å². The van der Waals surface area contributed by atoms with E-state index in [-0.39, 0.29) is 5.91 Å². The van der Waals surface area contributed by atoms with Gasteiger partial charge in [-0.1, -0.05) is 0 Å². The highest BCUT2D eigenvalue weighted by Gasteiger charge is 2.22. The Balaban J connectivity index is 1.64. The van der Waals surface area contributed by atoms with E-state index in [1.807, 2.05) is 30.5 Å². The number of ether oxygens (including phenoxy) is 1. The Labute approximate surface area is 183 Å². The first-order valence-corrected chi connectivity index (χ1v) is 10.7. The summed E-state index contributed by atoms with van der Waals surface area (Å²) in [5.74, 6) is 1.36. The van der Waals surface area contributed by atoms with Gasteiger partial charge in [0.05, 0.1) is 12.1 Å². The van der Waals surface area contributed by atoms with Crippen LogP contribution in [0.15, 0.2) is 18.3 Å². The minimum Gasteiger partial charge on any atom is -0.385 e. The van der Waals surface area contributed by atoms with Crippen molar-refractivity contribution in [1.29, 1.82) is 5.26 Å². The molecular formula is C22H31N7O2. The highest BCUT2D eigenvalue weighted by atomic mass is 16.5. The number of aromatic nitrogens is 3. The van der Waals surface area contributed by atoms with Crippen LogP contribution in [0.3, 0.4) is 0 Å². The topological polar surface area (TPSA) is 99.3 Å². The van der Waals surface area contributed by atoms with Crippen molar-refractivity contribution in [3.05, 3.63) is 35.2 Å². The third-order valence-electron chi connectivity index (χ3n) is 5.77. The van der Waals surface area contributed by atoms with Gasteiger partial charge in [0.15, 0.2) is 5.82 Å². The largest absolute Gasteiger partial charge is 0.385 e.